The van der Waals surface area contributed by atoms with Gasteiger partial charge in [-0.15, -0.1) is 0 Å². The minimum atomic E-state index is -0.534. The van der Waals surface area contributed by atoms with Gasteiger partial charge in [-0.25, -0.2) is 0 Å². The van der Waals surface area contributed by atoms with E-state index in [1.165, 1.54) is 0 Å². The Labute approximate surface area is 119 Å². The van der Waals surface area contributed by atoms with Crippen molar-refractivity contribution < 1.29 is 4.79 Å². The van der Waals surface area contributed by atoms with E-state index in [0.717, 1.165) is 11.9 Å². The highest BCUT2D eigenvalue weighted by Crippen LogP contribution is 2.21. The quantitative estimate of drug-likeness (QED) is 0.426. The molecule has 19 heavy (non-hydrogen) atoms. The van der Waals surface area contributed by atoms with Gasteiger partial charge in [0.2, 0.25) is 5.91 Å². The van der Waals surface area contributed by atoms with Gasteiger partial charge >= 0.3 is 0 Å². The summed E-state index contributed by atoms with van der Waals surface area (Å²) < 4.78 is 2.67. The van der Waals surface area contributed by atoms with Crippen LogP contribution >= 0.6 is 11.9 Å². The molecule has 1 atom stereocenters. The normalized spacial score (nSPS) is 13.9. The van der Waals surface area contributed by atoms with Crippen LogP contribution in [-0.4, -0.2) is 11.9 Å². The summed E-state index contributed by atoms with van der Waals surface area (Å²) in [6, 6.07) is 1.53. The van der Waals surface area contributed by atoms with Crippen LogP contribution in [0.15, 0.2) is 35.3 Å². The standard InChI is InChI=1S/C14H21N3OS/c1-5-7-13(11(6-2)9-15)19-17-14(18)12(16)8-10(3)4/h5-7,10,12H,1,8,16H2,2-4H3,(H,17,18)/b11-6-,13-7+. The second-order valence-electron chi connectivity index (χ2n) is 4.39. The highest BCUT2D eigenvalue weighted by Gasteiger charge is 2.16. The molecule has 0 saturated carbocycles. The van der Waals surface area contributed by atoms with E-state index in [4.69, 9.17) is 11.0 Å². The van der Waals surface area contributed by atoms with Crippen LogP contribution in [0, 0.1) is 17.2 Å². The lowest BCUT2D eigenvalue weighted by atomic mass is 10.0. The van der Waals surface area contributed by atoms with Crippen LogP contribution in [0.25, 0.3) is 0 Å². The molecule has 0 spiro atoms. The minimum absolute atomic E-state index is 0.234. The van der Waals surface area contributed by atoms with Crippen LogP contribution in [0.2, 0.25) is 0 Å². The van der Waals surface area contributed by atoms with Gasteiger partial charge in [0.15, 0.2) is 0 Å². The molecular weight excluding hydrogens is 258 g/mol. The fourth-order valence-corrected chi connectivity index (χ4v) is 2.14. The summed E-state index contributed by atoms with van der Waals surface area (Å²) in [6.45, 7) is 9.38. The monoisotopic (exact) mass is 279 g/mol. The number of nitriles is 1. The van der Waals surface area contributed by atoms with Gasteiger partial charge < -0.3 is 5.73 Å². The van der Waals surface area contributed by atoms with Crippen molar-refractivity contribution in [2.24, 2.45) is 11.7 Å². The Balaban J connectivity index is 4.59. The van der Waals surface area contributed by atoms with Crippen molar-refractivity contribution in [3.63, 3.8) is 0 Å². The number of amides is 1. The molecule has 0 rings (SSSR count). The molecule has 0 aliphatic rings. The third-order valence-corrected chi connectivity index (χ3v) is 3.15. The molecule has 0 aliphatic carbocycles. The molecular formula is C14H21N3OS. The zero-order valence-electron chi connectivity index (χ0n) is 11.6. The Bertz CT molecular complexity index is 419. The van der Waals surface area contributed by atoms with Crippen molar-refractivity contribution in [2.45, 2.75) is 33.2 Å². The summed E-state index contributed by atoms with van der Waals surface area (Å²) in [5.41, 5.74) is 6.26. The zero-order valence-corrected chi connectivity index (χ0v) is 12.5. The number of hydrogen-bond acceptors (Lipinski definition) is 4. The van der Waals surface area contributed by atoms with Crippen molar-refractivity contribution in [3.8, 4) is 6.07 Å². The summed E-state index contributed by atoms with van der Waals surface area (Å²) >= 11 is 1.09. The van der Waals surface area contributed by atoms with Crippen molar-refractivity contribution in [1.82, 2.24) is 4.72 Å². The van der Waals surface area contributed by atoms with Gasteiger partial charge in [-0.3, -0.25) is 9.52 Å². The summed E-state index contributed by atoms with van der Waals surface area (Å²) in [4.78, 5) is 12.4. The molecule has 0 radical (unpaired) electrons. The maximum Gasteiger partial charge on any atom is 0.246 e. The van der Waals surface area contributed by atoms with Gasteiger partial charge in [-0.1, -0.05) is 32.6 Å². The Kier molecular flexibility index (Phi) is 8.68. The molecule has 0 fully saturated rings. The highest BCUT2D eigenvalue weighted by atomic mass is 32.2. The van der Waals surface area contributed by atoms with Crippen molar-refractivity contribution in [1.29, 1.82) is 5.26 Å². The largest absolute Gasteiger partial charge is 0.320 e. The number of nitrogens with one attached hydrogen (secondary N) is 1. The van der Waals surface area contributed by atoms with E-state index in [1.54, 1.807) is 25.2 Å². The molecule has 0 heterocycles. The second-order valence-corrected chi connectivity index (χ2v) is 5.23. The summed E-state index contributed by atoms with van der Waals surface area (Å²) in [5, 5.41) is 8.97. The molecule has 1 amide bonds. The van der Waals surface area contributed by atoms with Crippen LogP contribution in [0.1, 0.15) is 27.2 Å². The van der Waals surface area contributed by atoms with Crippen LogP contribution in [-0.2, 0) is 4.79 Å². The Morgan fingerprint density at radius 3 is 2.63 bits per heavy atom. The number of carbonyl (C=O) groups is 1. The van der Waals surface area contributed by atoms with Crippen LogP contribution in [0.4, 0.5) is 0 Å². The van der Waals surface area contributed by atoms with E-state index < -0.39 is 6.04 Å². The van der Waals surface area contributed by atoms with Crippen LogP contribution in [0.3, 0.4) is 0 Å². The molecule has 0 aliphatic heterocycles. The maximum atomic E-state index is 11.8. The summed E-state index contributed by atoms with van der Waals surface area (Å²) in [5.74, 6) is 0.126. The van der Waals surface area contributed by atoms with Crippen LogP contribution in [0.5, 0.6) is 0 Å². The molecule has 1 unspecified atom stereocenters. The lowest BCUT2D eigenvalue weighted by Crippen LogP contribution is -2.38. The fourth-order valence-electron chi connectivity index (χ4n) is 1.34. The average molecular weight is 279 g/mol. The van der Waals surface area contributed by atoms with Gasteiger partial charge in [0.05, 0.1) is 11.6 Å². The number of allylic oxidation sites excluding steroid dienone is 4. The van der Waals surface area contributed by atoms with E-state index in [0.29, 0.717) is 22.8 Å². The van der Waals surface area contributed by atoms with E-state index in [-0.39, 0.29) is 5.91 Å². The van der Waals surface area contributed by atoms with Gasteiger partial charge in [0, 0.05) is 4.91 Å². The molecule has 0 saturated heterocycles. The topological polar surface area (TPSA) is 78.9 Å². The Morgan fingerprint density at radius 1 is 1.58 bits per heavy atom. The van der Waals surface area contributed by atoms with E-state index in [2.05, 4.69) is 17.4 Å². The molecule has 0 bridgehead atoms. The van der Waals surface area contributed by atoms with E-state index in [1.807, 2.05) is 13.8 Å². The zero-order chi connectivity index (χ0) is 14.8. The highest BCUT2D eigenvalue weighted by molar-refractivity contribution is 8.02. The van der Waals surface area contributed by atoms with Crippen LogP contribution < -0.4 is 10.5 Å². The molecule has 5 heteroatoms. The summed E-state index contributed by atoms with van der Waals surface area (Å²) in [6.07, 6.45) is 5.56. The third kappa shape index (κ3) is 6.85. The average Bonchev–Trinajstić information content (AvgIpc) is 2.35. The number of nitrogens with two attached hydrogens (primary N) is 1. The molecule has 0 aromatic heterocycles. The van der Waals surface area contributed by atoms with E-state index in [9.17, 15) is 4.79 Å². The Morgan fingerprint density at radius 2 is 2.21 bits per heavy atom. The molecule has 4 nitrogen and oxygen atoms in total. The number of carbonyl (C=O) groups excluding carboxylic acids is 1. The van der Waals surface area contributed by atoms with Gasteiger partial charge in [-0.05, 0) is 37.3 Å². The SMILES string of the molecule is C=C/C=C(SNC(=O)C(N)CC(C)C)\C(C#N)=C/C. The lowest BCUT2D eigenvalue weighted by molar-refractivity contribution is -0.120. The van der Waals surface area contributed by atoms with Gasteiger partial charge in [0.25, 0.3) is 0 Å². The third-order valence-electron chi connectivity index (χ3n) is 2.27. The summed E-state index contributed by atoms with van der Waals surface area (Å²) in [7, 11) is 0. The molecule has 0 aromatic carbocycles. The molecule has 104 valence electrons. The fraction of sp³-hybridized carbons (Fsp3) is 0.429. The predicted molar refractivity (Wildman–Crippen MR) is 80.8 cm³/mol. The van der Waals surface area contributed by atoms with Crippen molar-refractivity contribution >= 4 is 17.9 Å². The number of rotatable bonds is 7. The predicted octanol–water partition coefficient (Wildman–Crippen LogP) is 2.66. The first-order chi connectivity index (χ1) is 8.96. The smallest absolute Gasteiger partial charge is 0.246 e. The molecule has 3 N–H and O–H groups in total. The first kappa shape index (κ1) is 17.5. The lowest BCUT2D eigenvalue weighted by Gasteiger charge is -2.14. The van der Waals surface area contributed by atoms with Gasteiger partial charge in [0.1, 0.15) is 6.07 Å². The second kappa shape index (κ2) is 9.42. The van der Waals surface area contributed by atoms with Crippen molar-refractivity contribution in [2.75, 3.05) is 0 Å². The first-order valence-electron chi connectivity index (χ1n) is 6.08. The van der Waals surface area contributed by atoms with Crippen molar-refractivity contribution in [3.05, 3.63) is 35.3 Å². The minimum Gasteiger partial charge on any atom is -0.320 e. The first-order valence-corrected chi connectivity index (χ1v) is 6.89. The number of hydrogen-bond donors (Lipinski definition) is 2. The Hall–Kier alpha value is -1.51. The number of nitrogens with zero attached hydrogens (tertiary/aromatic N) is 1. The van der Waals surface area contributed by atoms with Gasteiger partial charge in [-0.2, -0.15) is 5.26 Å². The van der Waals surface area contributed by atoms with E-state index >= 15 is 0 Å². The molecule has 0 aromatic rings. The maximum absolute atomic E-state index is 11.8.